The molecule has 118 heavy (non-hydrogen) atoms. The van der Waals surface area contributed by atoms with Crippen LogP contribution in [0.4, 0.5) is 0 Å². The molecule has 0 spiro atoms. The largest absolute Gasteiger partial charge is 0.497 e. The first-order valence-corrected chi connectivity index (χ1v) is 36.1. The Kier molecular flexibility index (Phi) is 36.7. The summed E-state index contributed by atoms with van der Waals surface area (Å²) in [6.07, 6.45) is 0. The van der Waals surface area contributed by atoms with Crippen molar-refractivity contribution in [3.63, 3.8) is 0 Å². The van der Waals surface area contributed by atoms with E-state index < -0.39 is 69.8 Å². The van der Waals surface area contributed by atoms with Gasteiger partial charge in [-0.05, 0) is 236 Å². The van der Waals surface area contributed by atoms with E-state index in [2.05, 4.69) is 31.2 Å². The molecule has 0 saturated heterocycles. The molecule has 620 valence electrons. The summed E-state index contributed by atoms with van der Waals surface area (Å²) >= 11 is 4.87. The fourth-order valence-electron chi connectivity index (χ4n) is 9.60. The fourth-order valence-corrected chi connectivity index (χ4v) is 9.60. The van der Waals surface area contributed by atoms with Crippen molar-refractivity contribution in [3.8, 4) is 51.7 Å². The van der Waals surface area contributed by atoms with E-state index in [1.54, 1.807) is 167 Å². The molecule has 0 atom stereocenters. The molecule has 0 radical (unpaired) electrons. The van der Waals surface area contributed by atoms with E-state index in [1.165, 1.54) is 68.4 Å². The Bertz CT molecular complexity index is 5080. The van der Waals surface area contributed by atoms with Gasteiger partial charge in [0, 0.05) is 39.0 Å². The van der Waals surface area contributed by atoms with Crippen molar-refractivity contribution >= 4 is 70.6 Å². The van der Waals surface area contributed by atoms with Crippen molar-refractivity contribution in [3.05, 3.63) is 316 Å². The van der Waals surface area contributed by atoms with Crippen molar-refractivity contribution in [2.75, 3.05) is 7.11 Å². The average molecular weight is 1630 g/mol. The molecule has 0 unspecified atom stereocenters. The zero-order chi connectivity index (χ0) is 85.9. The summed E-state index contributed by atoms with van der Waals surface area (Å²) in [7, 11) is 1.56. The molecule has 0 amide bonds. The Hall–Kier alpha value is -13.2. The van der Waals surface area contributed by atoms with Gasteiger partial charge in [-0.3, -0.25) is 9.68 Å². The predicted molar refractivity (Wildman–Crippen MR) is 448 cm³/mol. The third-order valence-corrected chi connectivity index (χ3v) is 16.4. The number of carbonyl (C=O) groups excluding carboxylic acids is 10. The van der Waals surface area contributed by atoms with Crippen molar-refractivity contribution in [2.24, 2.45) is 0 Å². The highest BCUT2D eigenvalue weighted by Crippen LogP contribution is 2.39. The predicted octanol–water partition coefficient (Wildman–Crippen LogP) is 19.4. The molecule has 9 rings (SSSR count). The Morgan fingerprint density at radius 2 is 0.542 bits per heavy atom. The molecule has 0 aliphatic rings. The van der Waals surface area contributed by atoms with Crippen molar-refractivity contribution in [1.82, 2.24) is 0 Å². The molecule has 23 nitrogen and oxygen atoms in total. The Balaban J connectivity index is 0.000000359. The number of allylic oxidation sites excluding steroid dienone is 1. The maximum atomic E-state index is 12.9. The molecular weight excluding hydrogens is 1530 g/mol. The minimum absolute atomic E-state index is 0. The quantitative estimate of drug-likeness (QED) is 0.0142. The van der Waals surface area contributed by atoms with Gasteiger partial charge in [-0.1, -0.05) is 140 Å². The zero-order valence-corrected chi connectivity index (χ0v) is 67.6. The van der Waals surface area contributed by atoms with Crippen LogP contribution in [0.3, 0.4) is 0 Å². The zero-order valence-electron chi connectivity index (χ0n) is 66.8. The van der Waals surface area contributed by atoms with Gasteiger partial charge in [-0.2, -0.15) is 4.89 Å². The second-order valence-corrected chi connectivity index (χ2v) is 29.4. The molecule has 24 heteroatoms. The molecule has 0 aliphatic heterocycles. The second kappa shape index (κ2) is 44.6. The van der Waals surface area contributed by atoms with Crippen molar-refractivity contribution < 1.29 is 111 Å². The second-order valence-electron chi connectivity index (χ2n) is 29.1. The first-order chi connectivity index (χ1) is 54.6. The maximum absolute atomic E-state index is 12.9. The fraction of sp³-hybridized carbons (Fsp3) is 0.234. The summed E-state index contributed by atoms with van der Waals surface area (Å²) in [6, 6.07) is 52.5. The number of carbonyl (C=O) groups is 10. The van der Waals surface area contributed by atoms with E-state index >= 15 is 0 Å². The van der Waals surface area contributed by atoms with Gasteiger partial charge in [-0.15, -0.1) is 0 Å². The van der Waals surface area contributed by atoms with Gasteiger partial charge >= 0.3 is 53.7 Å². The van der Waals surface area contributed by atoms with Crippen LogP contribution < -0.4 is 42.6 Å². The first-order valence-electron chi connectivity index (χ1n) is 35.8. The van der Waals surface area contributed by atoms with E-state index in [0.29, 0.717) is 90.1 Å². The Labute approximate surface area is 692 Å². The van der Waals surface area contributed by atoms with Crippen molar-refractivity contribution in [2.45, 2.75) is 141 Å². The smallest absolute Gasteiger partial charge is 0.368 e. The normalized spacial score (nSPS) is 10.6. The van der Waals surface area contributed by atoms with Crippen LogP contribution in [-0.4, -0.2) is 76.3 Å². The summed E-state index contributed by atoms with van der Waals surface area (Å²) in [4.78, 5) is 130. The van der Waals surface area contributed by atoms with Crippen LogP contribution >= 0.6 is 11.6 Å². The topological polar surface area (TPSA) is 313 Å². The number of methoxy groups -OCH3 is 1. The summed E-state index contributed by atoms with van der Waals surface area (Å²) in [5, 5.41) is 17.8. The molecule has 9 aromatic carbocycles. The Morgan fingerprint density at radius 1 is 0.314 bits per heavy atom. The number of rotatable bonds is 24. The van der Waals surface area contributed by atoms with E-state index in [0.717, 1.165) is 5.56 Å². The van der Waals surface area contributed by atoms with Crippen LogP contribution in [0.5, 0.6) is 51.7 Å². The van der Waals surface area contributed by atoms with Crippen LogP contribution in [0.15, 0.2) is 249 Å². The minimum Gasteiger partial charge on any atom is -0.497 e. The number of ether oxygens (including phenoxy) is 9. The van der Waals surface area contributed by atoms with E-state index in [-0.39, 0.29) is 85.2 Å². The Morgan fingerprint density at radius 3 is 0.771 bits per heavy atom. The van der Waals surface area contributed by atoms with Gasteiger partial charge in [0.25, 0.3) is 0 Å². The molecule has 0 aromatic heterocycles. The molecule has 0 fully saturated rings. The van der Waals surface area contributed by atoms with Crippen LogP contribution in [0.1, 0.15) is 200 Å². The first kappa shape index (κ1) is 97.2. The summed E-state index contributed by atoms with van der Waals surface area (Å²) in [5.41, 5.74) is 5.88. The van der Waals surface area contributed by atoms with E-state index in [9.17, 15) is 47.9 Å². The maximum Gasteiger partial charge on any atom is 0.368 e. The van der Waals surface area contributed by atoms with Gasteiger partial charge in [0.1, 0.15) is 58.4 Å². The van der Waals surface area contributed by atoms with Crippen LogP contribution in [0.25, 0.3) is 0 Å². The standard InChI is InChI=1S/C33H32O9.C29H28O7.C26H26O6.C4H5ClO.2CH4/c1-20(2)29(34)39-25-14-12-24(13-15-25)32(37)41-28-17-16-26(18-27(28)33(5,6)7)40-31(36)23-10-8-22(9-11-23)19-38-42-30(35)21(3)4;1-18(2)26(31)34-22-12-10-21(11-13-22)28(33)36-25-15-14-23(16-24(25)29(3,4)5)35-27(32)20-8-6-19(17-30)7-9-20;1-26(2,3)22-15-21(31-24(28)18-7-5-17(16-27)6-8-18)13-14-23(22)32-25(29)19-9-11-20(30-4)12-10-19;1-3(2)4(5)6;;/h8-18H,1,3,19H2,2,4-7H3;6-16,30H,1,17H2,2-5H3;5-15,27H,16H2,1-4H3;1H2,2H3;2*1H4. The molecule has 9 aromatic rings. The third kappa shape index (κ3) is 30.2. The number of esters is 8. The molecule has 0 bridgehead atoms. The number of hydrogen-bond acceptors (Lipinski definition) is 23. The molecule has 0 heterocycles. The van der Waals surface area contributed by atoms with Crippen LogP contribution in [-0.2, 0) is 65.0 Å². The van der Waals surface area contributed by atoms with Gasteiger partial charge in [-0.25, -0.2) is 43.2 Å². The van der Waals surface area contributed by atoms with E-state index in [1.807, 2.05) is 62.3 Å². The van der Waals surface area contributed by atoms with Crippen molar-refractivity contribution in [1.29, 1.82) is 0 Å². The summed E-state index contributed by atoms with van der Waals surface area (Å²) in [5.74, 6) is -1.97. The SMILES string of the molecule is C.C.C=C(C)C(=O)Cl.C=C(C)C(=O)OOCc1ccc(C(=O)Oc2ccc(OC(=O)c3ccc(OC(=O)C(=C)C)cc3)c(C(C)(C)C)c2)cc1.C=C(C)C(=O)Oc1ccc(C(=O)Oc2ccc(OC(=O)c3ccc(CO)cc3)cc2C(C)(C)C)cc1.COc1ccc(C(=O)Oc2ccc(OC(=O)c3ccc(CO)cc3)cc2C(C)(C)C)cc1. The average Bonchev–Trinajstić information content (AvgIpc) is 0.812. The van der Waals surface area contributed by atoms with Gasteiger partial charge in [0.2, 0.25) is 5.24 Å². The number of hydrogen-bond donors (Lipinski definition) is 2. The summed E-state index contributed by atoms with van der Waals surface area (Å²) in [6.45, 7) is 37.3. The number of aliphatic hydroxyl groups is 2. The lowest BCUT2D eigenvalue weighted by Gasteiger charge is -2.23. The highest BCUT2D eigenvalue weighted by molar-refractivity contribution is 6.67. The lowest BCUT2D eigenvalue weighted by molar-refractivity contribution is -0.276. The number of aliphatic hydroxyl groups excluding tert-OH is 2. The third-order valence-electron chi connectivity index (χ3n) is 16.1. The lowest BCUT2D eigenvalue weighted by Crippen LogP contribution is -2.17. The van der Waals surface area contributed by atoms with Gasteiger partial charge in [0.15, 0.2) is 0 Å². The number of benzene rings is 9. The summed E-state index contributed by atoms with van der Waals surface area (Å²) < 4.78 is 49.0. The lowest BCUT2D eigenvalue weighted by atomic mass is 9.86. The molecule has 2 N–H and O–H groups in total. The van der Waals surface area contributed by atoms with Gasteiger partial charge in [0.05, 0.1) is 53.7 Å². The number of halogens is 1. The highest BCUT2D eigenvalue weighted by Gasteiger charge is 2.28. The van der Waals surface area contributed by atoms with Crippen LogP contribution in [0, 0.1) is 0 Å². The van der Waals surface area contributed by atoms with Crippen LogP contribution in [0.2, 0.25) is 0 Å². The molecular formula is C94H99ClO23. The highest BCUT2D eigenvalue weighted by atomic mass is 35.5. The molecule has 0 aliphatic carbocycles. The molecule has 0 saturated carbocycles. The van der Waals surface area contributed by atoms with E-state index in [4.69, 9.17) is 69.3 Å². The minimum atomic E-state index is -0.664. The monoisotopic (exact) mass is 1630 g/mol. The van der Waals surface area contributed by atoms with Gasteiger partial charge < -0.3 is 52.8 Å².